The quantitative estimate of drug-likeness (QED) is 0.921. The van der Waals surface area contributed by atoms with Gasteiger partial charge in [-0.15, -0.1) is 0 Å². The first-order valence-electron chi connectivity index (χ1n) is 6.49. The van der Waals surface area contributed by atoms with E-state index in [0.29, 0.717) is 18.8 Å². The molecule has 0 radical (unpaired) electrons. The molecule has 0 saturated carbocycles. The van der Waals surface area contributed by atoms with Crippen molar-refractivity contribution in [2.75, 3.05) is 13.1 Å². The summed E-state index contributed by atoms with van der Waals surface area (Å²) < 4.78 is 31.4. The molecule has 2 aromatic heterocycles. The van der Waals surface area contributed by atoms with Crippen LogP contribution in [0.15, 0.2) is 28.1 Å². The summed E-state index contributed by atoms with van der Waals surface area (Å²) in [6.07, 6.45) is 6.58. The molecule has 0 aromatic carbocycles. The predicted molar refractivity (Wildman–Crippen MR) is 70.6 cm³/mol. The van der Waals surface area contributed by atoms with Gasteiger partial charge in [-0.3, -0.25) is 5.10 Å². The van der Waals surface area contributed by atoms with E-state index in [1.165, 1.54) is 10.6 Å². The van der Waals surface area contributed by atoms with Gasteiger partial charge in [0.05, 0.1) is 6.20 Å². The molecule has 20 heavy (non-hydrogen) atoms. The highest BCUT2D eigenvalue weighted by atomic mass is 32.2. The largest absolute Gasteiger partial charge is 0.363 e. The number of aryl methyl sites for hydroxylation is 1. The third-order valence-electron chi connectivity index (χ3n) is 3.70. The summed E-state index contributed by atoms with van der Waals surface area (Å²) in [4.78, 5) is 0.158. The number of H-pyrrole nitrogens is 1. The van der Waals surface area contributed by atoms with E-state index in [4.69, 9.17) is 4.52 Å². The fourth-order valence-electron chi connectivity index (χ4n) is 2.59. The van der Waals surface area contributed by atoms with Gasteiger partial charge in [0.25, 0.3) is 0 Å². The molecule has 7 nitrogen and oxygen atoms in total. The highest BCUT2D eigenvalue weighted by molar-refractivity contribution is 7.89. The molecule has 1 fully saturated rings. The Balaban J connectivity index is 1.85. The second-order valence-corrected chi connectivity index (χ2v) is 6.90. The SMILES string of the molecule is Cc1nocc1S(=O)(=O)N1CCCC(c2cn[nH]c2)C1. The standard InChI is InChI=1S/C12H16N4O3S/c1-9-12(8-19-15-9)20(17,18)16-4-2-3-10(7-16)11-5-13-14-6-11/h5-6,8,10H,2-4,7H2,1H3,(H,13,14). The number of sulfonamides is 1. The van der Waals surface area contributed by atoms with Crippen LogP contribution in [0.2, 0.25) is 0 Å². The van der Waals surface area contributed by atoms with Gasteiger partial charge in [0.1, 0.15) is 16.9 Å². The van der Waals surface area contributed by atoms with Crippen molar-refractivity contribution in [3.05, 3.63) is 29.9 Å². The van der Waals surface area contributed by atoms with Crippen molar-refractivity contribution in [2.45, 2.75) is 30.6 Å². The molecule has 1 unspecified atom stereocenters. The molecule has 0 bridgehead atoms. The van der Waals surface area contributed by atoms with Gasteiger partial charge in [0, 0.05) is 25.2 Å². The molecule has 8 heteroatoms. The van der Waals surface area contributed by atoms with Crippen LogP contribution < -0.4 is 0 Å². The molecule has 3 heterocycles. The molecule has 1 aliphatic heterocycles. The average Bonchev–Trinajstić information content (AvgIpc) is 3.10. The van der Waals surface area contributed by atoms with Crippen molar-refractivity contribution < 1.29 is 12.9 Å². The molecule has 0 aliphatic carbocycles. The maximum atomic E-state index is 12.6. The summed E-state index contributed by atoms with van der Waals surface area (Å²) in [5.41, 5.74) is 1.45. The van der Waals surface area contributed by atoms with Gasteiger partial charge in [0.2, 0.25) is 10.0 Å². The van der Waals surface area contributed by atoms with Crippen LogP contribution in [0.25, 0.3) is 0 Å². The average molecular weight is 296 g/mol. The molecule has 1 aliphatic rings. The molecule has 1 saturated heterocycles. The normalized spacial score (nSPS) is 21.1. The Kier molecular flexibility index (Phi) is 3.35. The first-order valence-corrected chi connectivity index (χ1v) is 7.93. The Morgan fingerprint density at radius 1 is 1.50 bits per heavy atom. The van der Waals surface area contributed by atoms with Gasteiger partial charge in [-0.1, -0.05) is 5.16 Å². The molecular weight excluding hydrogens is 280 g/mol. The third kappa shape index (κ3) is 2.25. The van der Waals surface area contributed by atoms with E-state index in [-0.39, 0.29) is 10.8 Å². The van der Waals surface area contributed by atoms with Crippen LogP contribution in [0.1, 0.15) is 30.0 Å². The molecule has 0 spiro atoms. The number of nitrogens with zero attached hydrogens (tertiary/aromatic N) is 3. The van der Waals surface area contributed by atoms with Crippen LogP contribution in [-0.2, 0) is 10.0 Å². The summed E-state index contributed by atoms with van der Waals surface area (Å²) in [5, 5.41) is 10.4. The topological polar surface area (TPSA) is 92.1 Å². The van der Waals surface area contributed by atoms with Crippen LogP contribution in [0, 0.1) is 6.92 Å². The zero-order valence-corrected chi connectivity index (χ0v) is 11.9. The minimum absolute atomic E-state index is 0.158. The predicted octanol–water partition coefficient (Wildman–Crippen LogP) is 1.27. The van der Waals surface area contributed by atoms with Crippen molar-refractivity contribution in [3.63, 3.8) is 0 Å². The number of hydrogen-bond donors (Lipinski definition) is 1. The molecule has 108 valence electrons. The number of hydrogen-bond acceptors (Lipinski definition) is 5. The first-order chi connectivity index (χ1) is 9.59. The lowest BCUT2D eigenvalue weighted by Crippen LogP contribution is -2.39. The highest BCUT2D eigenvalue weighted by Gasteiger charge is 2.33. The van der Waals surface area contributed by atoms with E-state index in [2.05, 4.69) is 15.4 Å². The Morgan fingerprint density at radius 3 is 3.00 bits per heavy atom. The Morgan fingerprint density at radius 2 is 2.35 bits per heavy atom. The summed E-state index contributed by atoms with van der Waals surface area (Å²) in [6, 6.07) is 0. The van der Waals surface area contributed by atoms with Crippen LogP contribution in [0.4, 0.5) is 0 Å². The zero-order valence-electron chi connectivity index (χ0n) is 11.1. The maximum Gasteiger partial charge on any atom is 0.248 e. The van der Waals surface area contributed by atoms with Crippen molar-refractivity contribution in [2.24, 2.45) is 0 Å². The zero-order chi connectivity index (χ0) is 14.2. The van der Waals surface area contributed by atoms with Gasteiger partial charge in [0.15, 0.2) is 0 Å². The lowest BCUT2D eigenvalue weighted by molar-refractivity contribution is 0.315. The minimum Gasteiger partial charge on any atom is -0.363 e. The van der Waals surface area contributed by atoms with E-state index in [0.717, 1.165) is 18.4 Å². The van der Waals surface area contributed by atoms with Gasteiger partial charge < -0.3 is 4.52 Å². The lowest BCUT2D eigenvalue weighted by atomic mass is 9.94. The van der Waals surface area contributed by atoms with Crippen LogP contribution in [0.5, 0.6) is 0 Å². The number of aromatic amines is 1. The van der Waals surface area contributed by atoms with E-state index in [9.17, 15) is 8.42 Å². The second-order valence-electron chi connectivity index (χ2n) is 5.00. The molecule has 3 rings (SSSR count). The monoisotopic (exact) mass is 296 g/mol. The lowest BCUT2D eigenvalue weighted by Gasteiger charge is -2.31. The van der Waals surface area contributed by atoms with Crippen molar-refractivity contribution in [1.82, 2.24) is 19.7 Å². The van der Waals surface area contributed by atoms with Crippen LogP contribution >= 0.6 is 0 Å². The fraction of sp³-hybridized carbons (Fsp3) is 0.500. The van der Waals surface area contributed by atoms with Crippen molar-refractivity contribution in [3.8, 4) is 0 Å². The first kappa shape index (κ1) is 13.3. The smallest absolute Gasteiger partial charge is 0.248 e. The highest BCUT2D eigenvalue weighted by Crippen LogP contribution is 2.30. The van der Waals surface area contributed by atoms with Crippen molar-refractivity contribution in [1.29, 1.82) is 0 Å². The van der Waals surface area contributed by atoms with Gasteiger partial charge in [-0.25, -0.2) is 8.42 Å². The fourth-order valence-corrected chi connectivity index (χ4v) is 4.19. The second kappa shape index (κ2) is 5.02. The maximum absolute atomic E-state index is 12.6. The van der Waals surface area contributed by atoms with E-state index in [1.54, 1.807) is 13.1 Å². The Labute approximate surface area is 117 Å². The summed E-state index contributed by atoms with van der Waals surface area (Å²) in [7, 11) is -3.53. The summed E-state index contributed by atoms with van der Waals surface area (Å²) in [5.74, 6) is 0.178. The molecule has 1 N–H and O–H groups in total. The number of rotatable bonds is 3. The van der Waals surface area contributed by atoms with Crippen molar-refractivity contribution >= 4 is 10.0 Å². The van der Waals surface area contributed by atoms with E-state index >= 15 is 0 Å². The van der Waals surface area contributed by atoms with Crippen LogP contribution in [0.3, 0.4) is 0 Å². The molecule has 1 atom stereocenters. The summed E-state index contributed by atoms with van der Waals surface area (Å²) in [6.45, 7) is 2.63. The third-order valence-corrected chi connectivity index (χ3v) is 5.66. The number of aromatic nitrogens is 3. The molecular formula is C12H16N4O3S. The molecule has 2 aromatic rings. The van der Waals surface area contributed by atoms with E-state index in [1.807, 2.05) is 6.20 Å². The Bertz CT molecular complexity index is 677. The number of nitrogens with one attached hydrogen (secondary N) is 1. The minimum atomic E-state index is -3.53. The molecule has 0 amide bonds. The number of piperidine rings is 1. The van der Waals surface area contributed by atoms with Gasteiger partial charge in [-0.05, 0) is 25.3 Å². The van der Waals surface area contributed by atoms with Crippen LogP contribution in [-0.4, -0.2) is 41.2 Å². The van der Waals surface area contributed by atoms with Gasteiger partial charge >= 0.3 is 0 Å². The Hall–Kier alpha value is -1.67. The van der Waals surface area contributed by atoms with Gasteiger partial charge in [-0.2, -0.15) is 9.40 Å². The van der Waals surface area contributed by atoms with E-state index < -0.39 is 10.0 Å². The summed E-state index contributed by atoms with van der Waals surface area (Å²) >= 11 is 0.